The second kappa shape index (κ2) is 13.8. The molecule has 0 aliphatic carbocycles. The summed E-state index contributed by atoms with van der Waals surface area (Å²) in [6.07, 6.45) is 0.185. The van der Waals surface area contributed by atoms with Crippen molar-refractivity contribution in [1.82, 2.24) is 0 Å². The molecule has 2 aromatic carbocycles. The van der Waals surface area contributed by atoms with Gasteiger partial charge in [-0.25, -0.2) is 0 Å². The number of esters is 1. The molecule has 0 aliphatic rings. The van der Waals surface area contributed by atoms with Gasteiger partial charge < -0.3 is 4.74 Å². The van der Waals surface area contributed by atoms with Crippen LogP contribution < -0.4 is 0 Å². The fourth-order valence-electron chi connectivity index (χ4n) is 3.40. The largest absolute Gasteiger partial charge is 0.464 e. The standard InChI is InChI=1S/C24H27F3O3.H2OP/c1-2-3-4-5-6-13-18-30-22(29)23(24(25,26)27,20-16-11-8-12-17-20)21(28)19-14-9-7-10-15-19;1-2/h7-12,14-17H,2-6,13,18H2,1H3;2H2/q;+1. The van der Waals surface area contributed by atoms with Crippen molar-refractivity contribution in [2.75, 3.05) is 6.61 Å². The highest BCUT2D eigenvalue weighted by atomic mass is 31.0. The lowest BCUT2D eigenvalue weighted by molar-refractivity contribution is -0.197. The van der Waals surface area contributed by atoms with Gasteiger partial charge in [0.25, 0.3) is 0 Å². The number of carbonyl (C=O) groups is 2. The molecule has 0 aromatic heterocycles. The van der Waals surface area contributed by atoms with Gasteiger partial charge in [-0.1, -0.05) is 104 Å². The van der Waals surface area contributed by atoms with E-state index < -0.39 is 28.9 Å². The van der Waals surface area contributed by atoms with Crippen LogP contribution in [0.1, 0.15) is 61.4 Å². The van der Waals surface area contributed by atoms with Crippen molar-refractivity contribution in [1.29, 1.82) is 0 Å². The summed E-state index contributed by atoms with van der Waals surface area (Å²) in [5.41, 5.74) is -4.05. The van der Waals surface area contributed by atoms with Crippen molar-refractivity contribution in [3.05, 3.63) is 71.8 Å². The van der Waals surface area contributed by atoms with E-state index in [-0.39, 0.29) is 12.2 Å². The Balaban J connectivity index is 0.00000249. The molecule has 0 heterocycles. The zero-order chi connectivity index (χ0) is 24.0. The van der Waals surface area contributed by atoms with E-state index in [1.54, 1.807) is 6.07 Å². The molecule has 8 heteroatoms. The SMILES string of the molecule is CCCCCCCCOC(=O)C(C(=O)c1ccccc1)(c1ccccc1)C(F)(F)F.O=[PH2+]. The zero-order valence-corrected chi connectivity index (χ0v) is 19.2. The molecule has 2 atom stereocenters. The first kappa shape index (κ1) is 27.5. The fraction of sp³-hybridized carbons (Fsp3) is 0.417. The molecule has 0 saturated heterocycles. The summed E-state index contributed by atoms with van der Waals surface area (Å²) in [6.45, 7) is 1.93. The average molecular weight is 469 g/mol. The fourth-order valence-corrected chi connectivity index (χ4v) is 3.40. The second-order valence-corrected chi connectivity index (χ2v) is 7.21. The van der Waals surface area contributed by atoms with Crippen molar-refractivity contribution in [2.45, 2.75) is 57.0 Å². The Morgan fingerprint density at radius 1 is 0.812 bits per heavy atom. The maximum atomic E-state index is 14.4. The Bertz CT molecular complexity index is 828. The maximum absolute atomic E-state index is 14.4. The number of hydrogen-bond donors (Lipinski definition) is 0. The summed E-state index contributed by atoms with van der Waals surface area (Å²) in [5.74, 6) is -2.92. The Hall–Kier alpha value is -2.53. The Morgan fingerprint density at radius 2 is 1.31 bits per heavy atom. The number of ether oxygens (including phenoxy) is 1. The minimum absolute atomic E-state index is 0.155. The lowest BCUT2D eigenvalue weighted by atomic mass is 9.73. The van der Waals surface area contributed by atoms with Crippen molar-refractivity contribution in [3.63, 3.8) is 0 Å². The van der Waals surface area contributed by atoms with Gasteiger partial charge in [-0.15, -0.1) is 0 Å². The number of ketones is 1. The lowest BCUT2D eigenvalue weighted by Gasteiger charge is -2.32. The van der Waals surface area contributed by atoms with Gasteiger partial charge in [0.2, 0.25) is 5.41 Å². The summed E-state index contributed by atoms with van der Waals surface area (Å²) in [5, 5.41) is 0. The molecule has 4 nitrogen and oxygen atoms in total. The zero-order valence-electron chi connectivity index (χ0n) is 18.1. The molecular weight excluding hydrogens is 440 g/mol. The normalized spacial score (nSPS) is 12.8. The molecule has 0 spiro atoms. The Kier molecular flexibility index (Phi) is 11.9. The third-order valence-electron chi connectivity index (χ3n) is 5.05. The van der Waals surface area contributed by atoms with Gasteiger partial charge in [-0.3, -0.25) is 9.59 Å². The van der Waals surface area contributed by atoms with E-state index in [1.807, 2.05) is 0 Å². The minimum atomic E-state index is -5.17. The molecule has 0 N–H and O–H groups in total. The van der Waals surface area contributed by atoms with Crippen LogP contribution in [0.4, 0.5) is 13.2 Å². The van der Waals surface area contributed by atoms with Crippen LogP contribution in [0.25, 0.3) is 0 Å². The molecule has 0 bridgehead atoms. The molecule has 32 heavy (non-hydrogen) atoms. The van der Waals surface area contributed by atoms with Crippen molar-refractivity contribution >= 4 is 20.9 Å². The maximum Gasteiger partial charge on any atom is 0.416 e. The first-order chi connectivity index (χ1) is 15.4. The highest BCUT2D eigenvalue weighted by Crippen LogP contribution is 2.45. The number of carbonyl (C=O) groups excluding carboxylic acids is 2. The second-order valence-electron chi connectivity index (χ2n) is 7.21. The first-order valence-corrected chi connectivity index (χ1v) is 11.0. The number of hydrogen-bond acceptors (Lipinski definition) is 4. The molecule has 174 valence electrons. The number of unbranched alkanes of at least 4 members (excludes halogenated alkanes) is 5. The van der Waals surface area contributed by atoms with Gasteiger partial charge >= 0.3 is 21.3 Å². The van der Waals surface area contributed by atoms with E-state index in [0.717, 1.165) is 44.2 Å². The predicted octanol–water partition coefficient (Wildman–Crippen LogP) is 6.48. The quantitative estimate of drug-likeness (QED) is 0.124. The van der Waals surface area contributed by atoms with E-state index in [9.17, 15) is 22.8 Å². The van der Waals surface area contributed by atoms with Crippen molar-refractivity contribution in [2.24, 2.45) is 0 Å². The smallest absolute Gasteiger partial charge is 0.416 e. The van der Waals surface area contributed by atoms with Gasteiger partial charge in [0.15, 0.2) is 5.78 Å². The Morgan fingerprint density at radius 3 is 1.84 bits per heavy atom. The van der Waals surface area contributed by atoms with E-state index >= 15 is 0 Å². The van der Waals surface area contributed by atoms with Gasteiger partial charge in [-0.05, 0) is 12.0 Å². The van der Waals surface area contributed by atoms with Gasteiger partial charge in [0, 0.05) is 5.56 Å². The monoisotopic (exact) mass is 469 g/mol. The molecule has 2 aromatic rings. The van der Waals surface area contributed by atoms with Crippen LogP contribution in [0.2, 0.25) is 0 Å². The van der Waals surface area contributed by atoms with Crippen LogP contribution >= 0.6 is 9.12 Å². The summed E-state index contributed by atoms with van der Waals surface area (Å²) < 4.78 is 56.5. The Labute approximate surface area is 188 Å². The molecule has 2 rings (SSSR count). The summed E-state index contributed by atoms with van der Waals surface area (Å²) >= 11 is 0. The lowest BCUT2D eigenvalue weighted by Crippen LogP contribution is -2.56. The molecule has 0 amide bonds. The highest BCUT2D eigenvalue weighted by Gasteiger charge is 2.67. The predicted molar refractivity (Wildman–Crippen MR) is 120 cm³/mol. The molecule has 0 aliphatic heterocycles. The first-order valence-electron chi connectivity index (χ1n) is 10.5. The van der Waals surface area contributed by atoms with E-state index in [2.05, 4.69) is 6.92 Å². The van der Waals surface area contributed by atoms with Crippen LogP contribution in [0.15, 0.2) is 60.7 Å². The third kappa shape index (κ3) is 6.73. The minimum Gasteiger partial charge on any atom is -0.464 e. The summed E-state index contributed by atoms with van der Waals surface area (Å²) in [7, 11) is 1.17. The highest BCUT2D eigenvalue weighted by molar-refractivity contribution is 7.00. The molecule has 0 fully saturated rings. The van der Waals surface area contributed by atoms with Crippen LogP contribution in [0.3, 0.4) is 0 Å². The molecule has 0 saturated carbocycles. The van der Waals surface area contributed by atoms with E-state index in [0.29, 0.717) is 6.42 Å². The number of benzene rings is 2. The van der Waals surface area contributed by atoms with Crippen molar-refractivity contribution in [3.8, 4) is 0 Å². The van der Waals surface area contributed by atoms with Crippen molar-refractivity contribution < 1.29 is 32.1 Å². The van der Waals surface area contributed by atoms with Gasteiger partial charge in [-0.2, -0.15) is 13.2 Å². The summed E-state index contributed by atoms with van der Waals surface area (Å²) in [6, 6.07) is 13.6. The van der Waals surface area contributed by atoms with Crippen LogP contribution in [-0.4, -0.2) is 24.5 Å². The number of halogens is 3. The summed E-state index contributed by atoms with van der Waals surface area (Å²) in [4.78, 5) is 26.0. The number of rotatable bonds is 11. The molecule has 0 radical (unpaired) electrons. The number of alkyl halides is 3. The number of Topliss-reactive ketones (excluding diaryl/α,β-unsaturated/α-hetero) is 1. The third-order valence-corrected chi connectivity index (χ3v) is 5.05. The average Bonchev–Trinajstić information content (AvgIpc) is 2.80. The van der Waals surface area contributed by atoms with Gasteiger partial charge in [0.1, 0.15) is 0 Å². The topological polar surface area (TPSA) is 60.4 Å². The van der Waals surface area contributed by atoms with Crippen LogP contribution in [-0.2, 0) is 19.5 Å². The van der Waals surface area contributed by atoms with Gasteiger partial charge in [0.05, 0.1) is 6.61 Å². The van der Waals surface area contributed by atoms with Crippen LogP contribution in [0.5, 0.6) is 0 Å². The molecule has 2 unspecified atom stereocenters. The molecular formula is C24H29F3O4P+. The van der Waals surface area contributed by atoms with E-state index in [1.165, 1.54) is 51.6 Å². The van der Waals surface area contributed by atoms with Crippen LogP contribution in [0, 0.1) is 0 Å². The van der Waals surface area contributed by atoms with E-state index in [4.69, 9.17) is 9.30 Å².